The molecule has 2 heterocycles. The van der Waals surface area contributed by atoms with E-state index in [1.54, 1.807) is 42.6 Å². The topological polar surface area (TPSA) is 65.7 Å². The van der Waals surface area contributed by atoms with Crippen molar-refractivity contribution in [3.05, 3.63) is 59.0 Å². The number of pyridine rings is 1. The van der Waals surface area contributed by atoms with Crippen LogP contribution in [0.3, 0.4) is 0 Å². The number of ether oxygens (including phenoxy) is 2. The van der Waals surface area contributed by atoms with Gasteiger partial charge in [0, 0.05) is 11.2 Å². The van der Waals surface area contributed by atoms with Gasteiger partial charge >= 0.3 is 5.97 Å². The van der Waals surface area contributed by atoms with Gasteiger partial charge in [-0.25, -0.2) is 14.3 Å². The second kappa shape index (κ2) is 6.03. The molecule has 3 rings (SSSR count). The molecule has 112 valence electrons. The number of rotatable bonds is 4. The van der Waals surface area contributed by atoms with Gasteiger partial charge in [-0.15, -0.1) is 5.10 Å². The first kappa shape index (κ1) is 14.3. The molecule has 0 atom stereocenters. The second-order valence-electron chi connectivity index (χ2n) is 4.48. The Morgan fingerprint density at radius 2 is 2.00 bits per heavy atom. The number of carbonyl (C=O) groups is 1. The molecule has 7 heteroatoms. The van der Waals surface area contributed by atoms with E-state index in [0.29, 0.717) is 27.8 Å². The van der Waals surface area contributed by atoms with E-state index in [0.717, 1.165) is 0 Å². The number of hydrogen-bond acceptors (Lipinski definition) is 5. The second-order valence-corrected chi connectivity index (χ2v) is 4.92. The van der Waals surface area contributed by atoms with E-state index in [1.165, 1.54) is 11.6 Å². The number of benzene rings is 1. The molecule has 0 saturated heterocycles. The average molecular weight is 318 g/mol. The third kappa shape index (κ3) is 3.01. The highest BCUT2D eigenvalue weighted by atomic mass is 35.5. The van der Waals surface area contributed by atoms with Gasteiger partial charge in [0.1, 0.15) is 12.4 Å². The number of carbonyl (C=O) groups excluding carboxylic acids is 1. The molecule has 0 N–H and O–H groups in total. The molecule has 0 radical (unpaired) electrons. The normalized spacial score (nSPS) is 10.6. The molecule has 0 saturated carbocycles. The van der Waals surface area contributed by atoms with E-state index in [9.17, 15) is 4.79 Å². The number of aromatic nitrogens is 3. The summed E-state index contributed by atoms with van der Waals surface area (Å²) in [7, 11) is 1.33. The van der Waals surface area contributed by atoms with Crippen molar-refractivity contribution in [2.24, 2.45) is 0 Å². The summed E-state index contributed by atoms with van der Waals surface area (Å²) in [6, 6.07) is 10.4. The minimum Gasteiger partial charge on any atom is -0.486 e. The first-order chi connectivity index (χ1) is 10.7. The van der Waals surface area contributed by atoms with Crippen molar-refractivity contribution in [2.45, 2.75) is 6.61 Å². The van der Waals surface area contributed by atoms with Gasteiger partial charge in [-0.05, 0) is 36.4 Å². The van der Waals surface area contributed by atoms with E-state index in [4.69, 9.17) is 16.3 Å². The van der Waals surface area contributed by atoms with Crippen LogP contribution in [0.2, 0.25) is 5.02 Å². The Balaban J connectivity index is 1.77. The highest BCUT2D eigenvalue weighted by molar-refractivity contribution is 6.30. The number of methoxy groups -OCH3 is 1. The minimum atomic E-state index is -0.420. The molecule has 0 aliphatic carbocycles. The summed E-state index contributed by atoms with van der Waals surface area (Å²) < 4.78 is 11.8. The van der Waals surface area contributed by atoms with Gasteiger partial charge in [-0.2, -0.15) is 0 Å². The summed E-state index contributed by atoms with van der Waals surface area (Å²) in [5.41, 5.74) is 1.03. The largest absolute Gasteiger partial charge is 0.486 e. The van der Waals surface area contributed by atoms with Gasteiger partial charge in [0.25, 0.3) is 0 Å². The molecule has 0 aliphatic heterocycles. The van der Waals surface area contributed by atoms with Crippen LogP contribution in [0.25, 0.3) is 5.65 Å². The molecule has 22 heavy (non-hydrogen) atoms. The molecule has 0 amide bonds. The van der Waals surface area contributed by atoms with Gasteiger partial charge in [0.2, 0.25) is 0 Å². The Morgan fingerprint density at radius 1 is 1.23 bits per heavy atom. The SMILES string of the molecule is COC(=O)c1ccc2nc(COc3ccc(Cl)cc3)nn2c1. The third-order valence-electron chi connectivity index (χ3n) is 2.98. The highest BCUT2D eigenvalue weighted by Gasteiger charge is 2.09. The van der Waals surface area contributed by atoms with Crippen LogP contribution in [0.5, 0.6) is 5.75 Å². The van der Waals surface area contributed by atoms with Gasteiger partial charge in [0.15, 0.2) is 11.5 Å². The van der Waals surface area contributed by atoms with E-state index in [-0.39, 0.29) is 6.61 Å². The Labute approximate surface area is 131 Å². The Morgan fingerprint density at radius 3 is 2.73 bits per heavy atom. The quantitative estimate of drug-likeness (QED) is 0.692. The van der Waals surface area contributed by atoms with Crippen molar-refractivity contribution in [1.29, 1.82) is 0 Å². The lowest BCUT2D eigenvalue weighted by Crippen LogP contribution is -2.03. The van der Waals surface area contributed by atoms with Crippen molar-refractivity contribution in [1.82, 2.24) is 14.6 Å². The summed E-state index contributed by atoms with van der Waals surface area (Å²) in [6.07, 6.45) is 1.57. The van der Waals surface area contributed by atoms with Gasteiger partial charge in [-0.3, -0.25) is 0 Å². The monoisotopic (exact) mass is 317 g/mol. The summed E-state index contributed by atoms with van der Waals surface area (Å²) >= 11 is 5.81. The molecule has 2 aromatic heterocycles. The molecule has 0 bridgehead atoms. The lowest BCUT2D eigenvalue weighted by Gasteiger charge is -2.02. The smallest absolute Gasteiger partial charge is 0.339 e. The van der Waals surface area contributed by atoms with Crippen LogP contribution in [0.4, 0.5) is 0 Å². The molecule has 0 unspecified atom stereocenters. The lowest BCUT2D eigenvalue weighted by atomic mass is 10.3. The molecule has 0 aliphatic rings. The predicted molar refractivity (Wildman–Crippen MR) is 80.1 cm³/mol. The first-order valence-electron chi connectivity index (χ1n) is 6.48. The zero-order valence-corrected chi connectivity index (χ0v) is 12.4. The zero-order chi connectivity index (χ0) is 15.5. The van der Waals surface area contributed by atoms with Crippen LogP contribution in [-0.2, 0) is 11.3 Å². The maximum absolute atomic E-state index is 11.5. The summed E-state index contributed by atoms with van der Waals surface area (Å²) in [6.45, 7) is 0.219. The molecular weight excluding hydrogens is 306 g/mol. The van der Waals surface area contributed by atoms with Crippen LogP contribution < -0.4 is 4.74 Å². The standard InChI is InChI=1S/C15H12ClN3O3/c1-21-15(20)10-2-7-14-17-13(18-19(14)8-10)9-22-12-5-3-11(16)4-6-12/h2-8H,9H2,1H3. The lowest BCUT2D eigenvalue weighted by molar-refractivity contribution is 0.0600. The third-order valence-corrected chi connectivity index (χ3v) is 3.23. The predicted octanol–water partition coefficient (Wildman–Crippen LogP) is 2.75. The van der Waals surface area contributed by atoms with E-state index in [1.807, 2.05) is 0 Å². The molecule has 0 fully saturated rings. The number of halogens is 1. The maximum Gasteiger partial charge on any atom is 0.339 e. The first-order valence-corrected chi connectivity index (χ1v) is 6.85. The van der Waals surface area contributed by atoms with E-state index in [2.05, 4.69) is 14.8 Å². The van der Waals surface area contributed by atoms with Gasteiger partial charge < -0.3 is 9.47 Å². The molecule has 0 spiro atoms. The van der Waals surface area contributed by atoms with Crippen molar-refractivity contribution in [3.63, 3.8) is 0 Å². The number of hydrogen-bond donors (Lipinski definition) is 0. The highest BCUT2D eigenvalue weighted by Crippen LogP contribution is 2.16. The molecule has 6 nitrogen and oxygen atoms in total. The molecule has 1 aromatic carbocycles. The molecular formula is C15H12ClN3O3. The fourth-order valence-corrected chi connectivity index (χ4v) is 2.03. The van der Waals surface area contributed by atoms with Crippen LogP contribution in [-0.4, -0.2) is 27.7 Å². The number of nitrogens with zero attached hydrogens (tertiary/aromatic N) is 3. The van der Waals surface area contributed by atoms with Crippen molar-refractivity contribution >= 4 is 23.2 Å². The van der Waals surface area contributed by atoms with Crippen molar-refractivity contribution in [2.75, 3.05) is 7.11 Å². The van der Waals surface area contributed by atoms with Crippen LogP contribution in [0.1, 0.15) is 16.2 Å². The average Bonchev–Trinajstić information content (AvgIpc) is 2.95. The maximum atomic E-state index is 11.5. The van der Waals surface area contributed by atoms with Gasteiger partial charge in [0.05, 0.1) is 12.7 Å². The van der Waals surface area contributed by atoms with Crippen LogP contribution in [0.15, 0.2) is 42.6 Å². The van der Waals surface area contributed by atoms with Crippen molar-refractivity contribution < 1.29 is 14.3 Å². The Hall–Kier alpha value is -2.60. The Bertz CT molecular complexity index is 815. The van der Waals surface area contributed by atoms with Crippen LogP contribution in [0, 0.1) is 0 Å². The summed E-state index contributed by atoms with van der Waals surface area (Å²) in [4.78, 5) is 15.8. The number of esters is 1. The minimum absolute atomic E-state index is 0.219. The Kier molecular flexibility index (Phi) is 3.93. The fraction of sp³-hybridized carbons (Fsp3) is 0.133. The summed E-state index contributed by atoms with van der Waals surface area (Å²) in [5.74, 6) is 0.770. The van der Waals surface area contributed by atoms with Crippen LogP contribution >= 0.6 is 11.6 Å². The zero-order valence-electron chi connectivity index (χ0n) is 11.7. The summed E-state index contributed by atoms with van der Waals surface area (Å²) in [5, 5.41) is 4.92. The van der Waals surface area contributed by atoms with E-state index >= 15 is 0 Å². The van der Waals surface area contributed by atoms with Gasteiger partial charge in [-0.1, -0.05) is 11.6 Å². The molecule has 3 aromatic rings. The van der Waals surface area contributed by atoms with Crippen molar-refractivity contribution in [3.8, 4) is 5.75 Å². The van der Waals surface area contributed by atoms with E-state index < -0.39 is 5.97 Å². The fourth-order valence-electron chi connectivity index (χ4n) is 1.91. The number of fused-ring (bicyclic) bond motifs is 1.